The predicted molar refractivity (Wildman–Crippen MR) is 108 cm³/mol. The molecule has 0 N–H and O–H groups in total. The Morgan fingerprint density at radius 1 is 1.04 bits per heavy atom. The van der Waals surface area contributed by atoms with E-state index in [1.54, 1.807) is 0 Å². The molecule has 0 spiro atoms. The van der Waals surface area contributed by atoms with E-state index in [0.29, 0.717) is 0 Å². The molecule has 0 aliphatic heterocycles. The van der Waals surface area contributed by atoms with Crippen molar-refractivity contribution in [2.24, 2.45) is 0 Å². The molecule has 0 unspecified atom stereocenters. The van der Waals surface area contributed by atoms with Crippen molar-refractivity contribution in [3.63, 3.8) is 0 Å². The fraction of sp³-hybridized carbons (Fsp3) is 0.238. The molecule has 25 heavy (non-hydrogen) atoms. The lowest BCUT2D eigenvalue weighted by Gasteiger charge is -2.06. The number of para-hydroxylation sites is 1. The highest BCUT2D eigenvalue weighted by atomic mass is 28.3. The Morgan fingerprint density at radius 2 is 1.76 bits per heavy atom. The maximum atomic E-state index is 4.26. The first kappa shape index (κ1) is 17.2. The molecule has 3 nitrogen and oxygen atoms in total. The number of aromatic nitrogens is 3. The van der Waals surface area contributed by atoms with Crippen molar-refractivity contribution in [2.45, 2.75) is 32.6 Å². The van der Waals surface area contributed by atoms with E-state index < -0.39 is 8.07 Å². The van der Waals surface area contributed by atoms with Gasteiger partial charge in [0, 0.05) is 12.1 Å². The van der Waals surface area contributed by atoms with E-state index in [1.165, 1.54) is 5.56 Å². The van der Waals surface area contributed by atoms with Crippen molar-refractivity contribution in [3.05, 3.63) is 66.2 Å². The Morgan fingerprint density at radius 3 is 2.52 bits per heavy atom. The van der Waals surface area contributed by atoms with Crippen LogP contribution in [0.5, 0.6) is 0 Å². The van der Waals surface area contributed by atoms with Gasteiger partial charge in [-0.1, -0.05) is 79.3 Å². The lowest BCUT2D eigenvalue weighted by Crippen LogP contribution is -2.16. The number of nitrogens with zero attached hydrogens (tertiary/aromatic N) is 3. The number of allylic oxidation sites excluding steroid dienone is 2. The minimum atomic E-state index is -1.41. The molecule has 4 heteroatoms. The van der Waals surface area contributed by atoms with Crippen molar-refractivity contribution in [1.29, 1.82) is 0 Å². The first-order chi connectivity index (χ1) is 12.0. The van der Waals surface area contributed by atoms with Crippen LogP contribution < -0.4 is 0 Å². The van der Waals surface area contributed by atoms with Crippen LogP contribution in [0.3, 0.4) is 0 Å². The predicted octanol–water partition coefficient (Wildman–Crippen LogP) is 4.79. The van der Waals surface area contributed by atoms with Gasteiger partial charge >= 0.3 is 0 Å². The van der Waals surface area contributed by atoms with Gasteiger partial charge in [-0.15, -0.1) is 10.6 Å². The normalized spacial score (nSPS) is 12.0. The second-order valence-corrected chi connectivity index (χ2v) is 11.8. The van der Waals surface area contributed by atoms with Gasteiger partial charge in [-0.05, 0) is 24.1 Å². The summed E-state index contributed by atoms with van der Waals surface area (Å²) in [4.78, 5) is 0. The molecular formula is C21H23N3Si. The number of fused-ring (bicyclic) bond motifs is 1. The first-order valence-electron chi connectivity index (χ1n) is 8.60. The zero-order valence-corrected chi connectivity index (χ0v) is 16.0. The lowest BCUT2D eigenvalue weighted by atomic mass is 10.1. The maximum absolute atomic E-state index is 4.26. The van der Waals surface area contributed by atoms with Crippen molar-refractivity contribution in [1.82, 2.24) is 15.0 Å². The molecule has 1 aromatic heterocycles. The highest BCUT2D eigenvalue weighted by molar-refractivity contribution is 6.84. The van der Waals surface area contributed by atoms with Gasteiger partial charge < -0.3 is 0 Å². The molecule has 0 amide bonds. The molecule has 0 saturated carbocycles. The van der Waals surface area contributed by atoms with Crippen LogP contribution in [0.1, 0.15) is 12.0 Å². The summed E-state index contributed by atoms with van der Waals surface area (Å²) in [6.07, 6.45) is 3.09. The van der Waals surface area contributed by atoms with Gasteiger partial charge in [-0.2, -0.15) is 0 Å². The van der Waals surface area contributed by atoms with E-state index >= 15 is 0 Å². The number of rotatable bonds is 4. The molecule has 0 aliphatic rings. The van der Waals surface area contributed by atoms with Crippen LogP contribution in [0.25, 0.3) is 16.6 Å². The molecule has 0 fully saturated rings. The molecule has 3 aromatic rings. The fourth-order valence-electron chi connectivity index (χ4n) is 2.53. The van der Waals surface area contributed by atoms with Crippen LogP contribution >= 0.6 is 0 Å². The van der Waals surface area contributed by atoms with Crippen LogP contribution in [0.2, 0.25) is 19.6 Å². The summed E-state index contributed by atoms with van der Waals surface area (Å²) in [5.74, 6) is 3.42. The van der Waals surface area contributed by atoms with Gasteiger partial charge in [0.15, 0.2) is 0 Å². The molecule has 0 atom stereocenters. The van der Waals surface area contributed by atoms with Gasteiger partial charge in [0.25, 0.3) is 0 Å². The van der Waals surface area contributed by atoms with Crippen molar-refractivity contribution in [2.75, 3.05) is 0 Å². The average molecular weight is 346 g/mol. The van der Waals surface area contributed by atoms with Crippen LogP contribution in [-0.4, -0.2) is 23.1 Å². The topological polar surface area (TPSA) is 30.7 Å². The number of hydrogen-bond acceptors (Lipinski definition) is 2. The van der Waals surface area contributed by atoms with Crippen molar-refractivity contribution in [3.8, 4) is 11.5 Å². The molecule has 0 aliphatic carbocycles. The minimum Gasteiger partial charge on any atom is -0.244 e. The van der Waals surface area contributed by atoms with Gasteiger partial charge in [0.05, 0.1) is 5.52 Å². The molecule has 2 aromatic carbocycles. The molecule has 1 heterocycles. The third-order valence-electron chi connectivity index (χ3n) is 3.77. The quantitative estimate of drug-likeness (QED) is 0.503. The second kappa shape index (κ2) is 7.50. The van der Waals surface area contributed by atoms with Gasteiger partial charge in [0.1, 0.15) is 13.6 Å². The summed E-state index contributed by atoms with van der Waals surface area (Å²) in [5.41, 5.74) is 7.77. The molecule has 3 rings (SSSR count). The van der Waals surface area contributed by atoms with Crippen LogP contribution in [0.15, 0.2) is 60.7 Å². The summed E-state index contributed by atoms with van der Waals surface area (Å²) in [7, 11) is -1.41. The molecule has 0 bridgehead atoms. The number of hydrogen-bond donors (Lipinski definition) is 0. The Hall–Kier alpha value is -2.64. The number of aryl methyl sites for hydroxylation is 1. The highest BCUT2D eigenvalue weighted by Crippen LogP contribution is 2.16. The van der Waals surface area contributed by atoms with Crippen molar-refractivity contribution < 1.29 is 0 Å². The van der Waals surface area contributed by atoms with E-state index in [9.17, 15) is 0 Å². The van der Waals surface area contributed by atoms with E-state index in [-0.39, 0.29) is 0 Å². The van der Waals surface area contributed by atoms with E-state index in [1.807, 2.05) is 28.9 Å². The molecule has 0 saturated heterocycles. The maximum Gasteiger partial charge on any atom is 0.129 e. The van der Waals surface area contributed by atoms with Gasteiger partial charge in [-0.3, -0.25) is 0 Å². The molecule has 126 valence electrons. The lowest BCUT2D eigenvalue weighted by molar-refractivity contribution is 0.615. The zero-order chi connectivity index (χ0) is 17.7. The summed E-state index contributed by atoms with van der Waals surface area (Å²) in [6.45, 7) is 7.60. The third kappa shape index (κ3) is 4.68. The summed E-state index contributed by atoms with van der Waals surface area (Å²) in [6, 6.07) is 18.5. The Bertz CT molecular complexity index is 938. The largest absolute Gasteiger partial charge is 0.244 e. The Kier molecular flexibility index (Phi) is 5.16. The van der Waals surface area contributed by atoms with E-state index in [2.05, 4.69) is 77.8 Å². The monoisotopic (exact) mass is 345 g/mol. The molecule has 0 radical (unpaired) electrons. The fourth-order valence-corrected chi connectivity index (χ4v) is 3.04. The van der Waals surface area contributed by atoms with Crippen LogP contribution in [0, 0.1) is 11.5 Å². The summed E-state index contributed by atoms with van der Waals surface area (Å²) in [5, 5.41) is 8.47. The SMILES string of the molecule is C[Si](C)(C)C#C/C(=C\CCn1nnc2ccccc21)c1ccccc1. The average Bonchev–Trinajstić information content (AvgIpc) is 3.01. The van der Waals surface area contributed by atoms with Crippen LogP contribution in [-0.2, 0) is 6.54 Å². The van der Waals surface area contributed by atoms with Gasteiger partial charge in [0.2, 0.25) is 0 Å². The van der Waals surface area contributed by atoms with E-state index in [4.69, 9.17) is 0 Å². The Balaban J connectivity index is 1.82. The minimum absolute atomic E-state index is 0.797. The third-order valence-corrected chi connectivity index (χ3v) is 4.64. The first-order valence-corrected chi connectivity index (χ1v) is 12.1. The summed E-state index contributed by atoms with van der Waals surface area (Å²) >= 11 is 0. The summed E-state index contributed by atoms with van der Waals surface area (Å²) < 4.78 is 1.96. The molecular weight excluding hydrogens is 322 g/mol. The van der Waals surface area contributed by atoms with Gasteiger partial charge in [-0.25, -0.2) is 4.68 Å². The zero-order valence-electron chi connectivity index (χ0n) is 15.0. The Labute approximate surface area is 150 Å². The number of benzene rings is 2. The van der Waals surface area contributed by atoms with E-state index in [0.717, 1.165) is 29.6 Å². The second-order valence-electron chi connectivity index (χ2n) is 7.07. The highest BCUT2D eigenvalue weighted by Gasteiger charge is 2.08. The standard InChI is InChI=1S/C21H23N3Si/c1-25(2,3)17-15-19(18-10-5-4-6-11-18)12-9-16-24-21-14-8-7-13-20(21)22-23-24/h4-8,10-14H,9,16H2,1-3H3/b19-12+. The van der Waals surface area contributed by atoms with Crippen molar-refractivity contribution >= 4 is 24.7 Å². The smallest absolute Gasteiger partial charge is 0.129 e. The van der Waals surface area contributed by atoms with Crippen LogP contribution in [0.4, 0.5) is 0 Å².